The van der Waals surface area contributed by atoms with Crippen LogP contribution in [0.15, 0.2) is 48.5 Å². The second-order valence-corrected chi connectivity index (χ2v) is 7.89. The van der Waals surface area contributed by atoms with Crippen LogP contribution >= 0.6 is 0 Å². The van der Waals surface area contributed by atoms with E-state index in [1.165, 1.54) is 22.5 Å². The highest BCUT2D eigenvalue weighted by Gasteiger charge is 2.15. The molecule has 0 unspecified atom stereocenters. The lowest BCUT2D eigenvalue weighted by Crippen LogP contribution is -2.70. The molecule has 0 aliphatic carbocycles. The molecule has 2 aromatic rings. The van der Waals surface area contributed by atoms with E-state index in [0.29, 0.717) is 0 Å². The van der Waals surface area contributed by atoms with Crippen molar-refractivity contribution in [2.45, 2.75) is 52.4 Å². The van der Waals surface area contributed by atoms with Gasteiger partial charge in [0.05, 0.1) is 0 Å². The molecule has 1 nitrogen and oxygen atoms in total. The topological polar surface area (TPSA) is 16.6 Å². The smallest absolute Gasteiger partial charge is 0.134 e. The van der Waals surface area contributed by atoms with Gasteiger partial charge in [0.2, 0.25) is 0 Å². The molecule has 0 atom stereocenters. The first kappa shape index (κ1) is 15.8. The van der Waals surface area contributed by atoms with Crippen molar-refractivity contribution in [2.24, 2.45) is 0 Å². The molecule has 2 rings (SSSR count). The van der Waals surface area contributed by atoms with E-state index in [0.717, 1.165) is 0 Å². The monoisotopic (exact) mass is 282 g/mol. The summed E-state index contributed by atoms with van der Waals surface area (Å²) in [5.74, 6) is 0. The molecule has 2 N–H and O–H groups in total. The van der Waals surface area contributed by atoms with Gasteiger partial charge in [-0.1, -0.05) is 65.8 Å². The van der Waals surface area contributed by atoms with Crippen molar-refractivity contribution < 1.29 is 5.32 Å². The summed E-state index contributed by atoms with van der Waals surface area (Å²) in [7, 11) is 0. The maximum Gasteiger partial charge on any atom is 0.134 e. The van der Waals surface area contributed by atoms with Crippen molar-refractivity contribution in [3.8, 4) is 0 Å². The average Bonchev–Trinajstić information content (AvgIpc) is 2.38. The highest BCUT2D eigenvalue weighted by molar-refractivity contribution is 5.40. The Bertz CT molecular complexity index is 522. The fraction of sp³-hybridized carbons (Fsp3) is 0.400. The fourth-order valence-corrected chi connectivity index (χ4v) is 2.35. The molecule has 0 heterocycles. The van der Waals surface area contributed by atoms with Crippen molar-refractivity contribution in [1.82, 2.24) is 0 Å². The van der Waals surface area contributed by atoms with Gasteiger partial charge in [-0.2, -0.15) is 0 Å². The number of rotatable bonds is 2. The Morgan fingerprint density at radius 2 is 0.810 bits per heavy atom. The first-order valence-corrected chi connectivity index (χ1v) is 7.72. The molecule has 0 aliphatic rings. The molecular weight excluding hydrogens is 254 g/mol. The van der Waals surface area contributed by atoms with E-state index < -0.39 is 0 Å². The van der Waals surface area contributed by atoms with E-state index in [9.17, 15) is 0 Å². The summed E-state index contributed by atoms with van der Waals surface area (Å²) < 4.78 is 0. The van der Waals surface area contributed by atoms with Crippen LogP contribution in [0, 0.1) is 0 Å². The summed E-state index contributed by atoms with van der Waals surface area (Å²) in [6.45, 7) is 13.5. The van der Waals surface area contributed by atoms with Crippen LogP contribution in [0.4, 0.5) is 11.4 Å². The van der Waals surface area contributed by atoms with Crippen LogP contribution in [-0.4, -0.2) is 0 Å². The zero-order valence-electron chi connectivity index (χ0n) is 14.2. The zero-order valence-corrected chi connectivity index (χ0v) is 14.2. The molecule has 0 saturated heterocycles. The van der Waals surface area contributed by atoms with Crippen molar-refractivity contribution in [3.63, 3.8) is 0 Å². The van der Waals surface area contributed by atoms with Crippen molar-refractivity contribution in [1.29, 1.82) is 0 Å². The van der Waals surface area contributed by atoms with E-state index >= 15 is 0 Å². The van der Waals surface area contributed by atoms with Crippen LogP contribution in [0.3, 0.4) is 0 Å². The Morgan fingerprint density at radius 1 is 0.524 bits per heavy atom. The van der Waals surface area contributed by atoms with Gasteiger partial charge >= 0.3 is 0 Å². The summed E-state index contributed by atoms with van der Waals surface area (Å²) in [5.41, 5.74) is 5.70. The molecule has 0 bridgehead atoms. The van der Waals surface area contributed by atoms with E-state index in [-0.39, 0.29) is 10.8 Å². The van der Waals surface area contributed by atoms with Gasteiger partial charge in [0, 0.05) is 0 Å². The van der Waals surface area contributed by atoms with Crippen LogP contribution in [-0.2, 0) is 10.8 Å². The number of hydrogen-bond donors (Lipinski definition) is 1. The van der Waals surface area contributed by atoms with Gasteiger partial charge in [-0.15, -0.1) is 0 Å². The molecule has 0 saturated carbocycles. The average molecular weight is 282 g/mol. The molecule has 21 heavy (non-hydrogen) atoms. The summed E-state index contributed by atoms with van der Waals surface area (Å²) >= 11 is 0. The Balaban J connectivity index is 2.12. The minimum Gasteiger partial charge on any atom is -0.282 e. The first-order valence-electron chi connectivity index (χ1n) is 7.72. The molecule has 2 aromatic carbocycles. The lowest BCUT2D eigenvalue weighted by Gasteiger charge is -2.19. The maximum atomic E-state index is 2.25. The Kier molecular flexibility index (Phi) is 4.25. The molecular formula is C20H28N+. The Labute approximate surface area is 129 Å². The summed E-state index contributed by atoms with van der Waals surface area (Å²) in [4.78, 5) is 0. The molecule has 0 radical (unpaired) electrons. The van der Waals surface area contributed by atoms with Gasteiger partial charge in [-0.05, 0) is 46.2 Å². The van der Waals surface area contributed by atoms with Crippen LogP contribution in [0.1, 0.15) is 52.7 Å². The van der Waals surface area contributed by atoms with E-state index in [4.69, 9.17) is 0 Å². The minimum atomic E-state index is 0.215. The molecule has 0 aromatic heterocycles. The highest BCUT2D eigenvalue weighted by atomic mass is 14.9. The molecule has 112 valence electrons. The van der Waals surface area contributed by atoms with Gasteiger partial charge < -0.3 is 0 Å². The van der Waals surface area contributed by atoms with Crippen LogP contribution in [0.25, 0.3) is 0 Å². The van der Waals surface area contributed by atoms with Gasteiger partial charge in [-0.3, -0.25) is 5.32 Å². The van der Waals surface area contributed by atoms with Crippen LogP contribution in [0.2, 0.25) is 0 Å². The Hall–Kier alpha value is -1.60. The summed E-state index contributed by atoms with van der Waals surface area (Å²) in [6, 6.07) is 17.8. The Morgan fingerprint density at radius 3 is 1.05 bits per heavy atom. The minimum absolute atomic E-state index is 0.215. The van der Waals surface area contributed by atoms with Crippen molar-refractivity contribution >= 4 is 11.4 Å². The highest BCUT2D eigenvalue weighted by Crippen LogP contribution is 2.24. The SMILES string of the molecule is CC(C)(C)c1ccc([NH2+]c2ccc(C(C)(C)C)cc2)cc1. The lowest BCUT2D eigenvalue weighted by molar-refractivity contribution is -0.478. The number of benzene rings is 2. The standard InChI is InChI=1S/C20H27N/c1-19(2,3)15-7-11-17(12-8-15)21-18-13-9-16(10-14-18)20(4,5)6/h7-14,21H,1-6H3/p+1. The predicted octanol–water partition coefficient (Wildman–Crippen LogP) is 4.81. The number of quaternary nitrogens is 1. The van der Waals surface area contributed by atoms with Crippen molar-refractivity contribution in [3.05, 3.63) is 59.7 Å². The summed E-state index contributed by atoms with van der Waals surface area (Å²) in [6.07, 6.45) is 0. The van der Waals surface area contributed by atoms with E-state index in [2.05, 4.69) is 95.4 Å². The predicted molar refractivity (Wildman–Crippen MR) is 91.5 cm³/mol. The van der Waals surface area contributed by atoms with Gasteiger partial charge in [-0.25, -0.2) is 0 Å². The third-order valence-corrected chi connectivity index (χ3v) is 3.89. The fourth-order valence-electron chi connectivity index (χ4n) is 2.35. The first-order chi connectivity index (χ1) is 9.66. The van der Waals surface area contributed by atoms with Gasteiger partial charge in [0.1, 0.15) is 11.4 Å². The van der Waals surface area contributed by atoms with E-state index in [1.807, 2.05) is 0 Å². The maximum absolute atomic E-state index is 2.25. The second-order valence-electron chi connectivity index (χ2n) is 7.89. The molecule has 0 amide bonds. The van der Waals surface area contributed by atoms with Crippen LogP contribution < -0.4 is 5.32 Å². The third kappa shape index (κ3) is 4.18. The lowest BCUT2D eigenvalue weighted by atomic mass is 9.87. The molecule has 1 heteroatoms. The summed E-state index contributed by atoms with van der Waals surface area (Å²) in [5, 5.41) is 2.24. The van der Waals surface area contributed by atoms with Gasteiger partial charge in [0.15, 0.2) is 0 Å². The molecule has 0 fully saturated rings. The van der Waals surface area contributed by atoms with E-state index in [1.54, 1.807) is 0 Å². The quantitative estimate of drug-likeness (QED) is 0.761. The molecule has 0 spiro atoms. The number of hydrogen-bond acceptors (Lipinski definition) is 0. The van der Waals surface area contributed by atoms with Crippen molar-refractivity contribution in [2.75, 3.05) is 0 Å². The number of nitrogens with two attached hydrogens (primary N) is 1. The van der Waals surface area contributed by atoms with Gasteiger partial charge in [0.25, 0.3) is 0 Å². The molecule has 0 aliphatic heterocycles. The largest absolute Gasteiger partial charge is 0.282 e. The zero-order chi connectivity index (χ0) is 15.7. The normalized spacial score (nSPS) is 12.5. The van der Waals surface area contributed by atoms with Crippen LogP contribution in [0.5, 0.6) is 0 Å². The third-order valence-electron chi connectivity index (χ3n) is 3.89. The second kappa shape index (κ2) is 5.65.